The normalized spacial score (nSPS) is 21.5. The molecular formula is C29H32F2N2OS. The third-order valence-electron chi connectivity index (χ3n) is 7.86. The third kappa shape index (κ3) is 5.49. The number of nitrogens with zero attached hydrogens (tertiary/aromatic N) is 2. The van der Waals surface area contributed by atoms with E-state index in [0.717, 1.165) is 38.9 Å². The lowest BCUT2D eigenvalue weighted by molar-refractivity contribution is 0.0779. The van der Waals surface area contributed by atoms with E-state index in [2.05, 4.69) is 21.7 Å². The zero-order chi connectivity index (χ0) is 24.4. The Hall–Kier alpha value is -2.57. The Balaban J connectivity index is 1.26. The molecule has 1 amide bonds. The average molecular weight is 495 g/mol. The SMILES string of the molecule is Cc1c(F)cccc1C(=O)N1CC(Cc2ccsc2)C(CN2CCC(c3ccc(F)cc3)CC2)C1. The second-order valence-electron chi connectivity index (χ2n) is 10.1. The number of carbonyl (C=O) groups excluding carboxylic acids is 1. The molecule has 0 N–H and O–H groups in total. The number of benzene rings is 2. The van der Waals surface area contributed by atoms with Crippen molar-refractivity contribution in [1.82, 2.24) is 9.80 Å². The smallest absolute Gasteiger partial charge is 0.254 e. The Morgan fingerprint density at radius 3 is 2.46 bits per heavy atom. The molecule has 0 bridgehead atoms. The minimum absolute atomic E-state index is 0.0603. The summed E-state index contributed by atoms with van der Waals surface area (Å²) < 4.78 is 27.4. The van der Waals surface area contributed by atoms with E-state index >= 15 is 0 Å². The van der Waals surface area contributed by atoms with Crippen LogP contribution in [0.2, 0.25) is 0 Å². The largest absolute Gasteiger partial charge is 0.338 e. The molecule has 2 aliphatic rings. The Bertz CT molecular complexity index is 1140. The van der Waals surface area contributed by atoms with E-state index in [4.69, 9.17) is 0 Å². The van der Waals surface area contributed by atoms with Crippen LogP contribution in [-0.4, -0.2) is 48.4 Å². The van der Waals surface area contributed by atoms with E-state index in [1.165, 1.54) is 17.2 Å². The molecule has 35 heavy (non-hydrogen) atoms. The van der Waals surface area contributed by atoms with E-state index in [1.54, 1.807) is 42.5 Å². The molecule has 2 saturated heterocycles. The first-order chi connectivity index (χ1) is 17.0. The Morgan fingerprint density at radius 2 is 1.74 bits per heavy atom. The van der Waals surface area contributed by atoms with Crippen LogP contribution in [0, 0.1) is 30.4 Å². The summed E-state index contributed by atoms with van der Waals surface area (Å²) in [5.74, 6) is 0.676. The zero-order valence-electron chi connectivity index (χ0n) is 20.1. The number of hydrogen-bond acceptors (Lipinski definition) is 3. The van der Waals surface area contributed by atoms with Gasteiger partial charge >= 0.3 is 0 Å². The van der Waals surface area contributed by atoms with Crippen molar-refractivity contribution in [2.24, 2.45) is 11.8 Å². The molecule has 3 heterocycles. The standard InChI is InChI=1S/C29H32F2N2OS/c1-20-27(3-2-4-28(20)31)29(34)33-17-24(15-21-11-14-35-19-21)25(18-33)16-32-12-9-23(10-13-32)22-5-7-26(30)8-6-22/h2-8,11,14,19,23-25H,9-10,12-13,15-18H2,1H3. The van der Waals surface area contributed by atoms with Gasteiger partial charge in [0, 0.05) is 25.2 Å². The van der Waals surface area contributed by atoms with E-state index in [0.29, 0.717) is 42.0 Å². The topological polar surface area (TPSA) is 23.6 Å². The van der Waals surface area contributed by atoms with Crippen molar-refractivity contribution in [3.05, 3.63) is 93.2 Å². The number of piperidine rings is 1. The highest BCUT2D eigenvalue weighted by Crippen LogP contribution is 2.33. The quantitative estimate of drug-likeness (QED) is 0.411. The average Bonchev–Trinajstić information content (AvgIpc) is 3.52. The number of halogens is 2. The van der Waals surface area contributed by atoms with Crippen LogP contribution in [0.5, 0.6) is 0 Å². The van der Waals surface area contributed by atoms with Crippen molar-refractivity contribution in [3.8, 4) is 0 Å². The van der Waals surface area contributed by atoms with Gasteiger partial charge in [0.15, 0.2) is 0 Å². The zero-order valence-corrected chi connectivity index (χ0v) is 20.9. The Morgan fingerprint density at radius 1 is 1.00 bits per heavy atom. The number of amides is 1. The second-order valence-corrected chi connectivity index (χ2v) is 10.9. The molecule has 0 spiro atoms. The molecule has 3 aromatic rings. The molecule has 184 valence electrons. The van der Waals surface area contributed by atoms with Gasteiger partial charge in [-0.15, -0.1) is 0 Å². The van der Waals surface area contributed by atoms with E-state index in [9.17, 15) is 13.6 Å². The van der Waals surface area contributed by atoms with E-state index < -0.39 is 0 Å². The fourth-order valence-corrected chi connectivity index (χ4v) is 6.46. The lowest BCUT2D eigenvalue weighted by Gasteiger charge is -2.34. The van der Waals surface area contributed by atoms with Crippen LogP contribution in [-0.2, 0) is 6.42 Å². The van der Waals surface area contributed by atoms with Crippen LogP contribution in [0.1, 0.15) is 45.8 Å². The number of thiophene rings is 1. The summed E-state index contributed by atoms with van der Waals surface area (Å²) >= 11 is 1.71. The highest BCUT2D eigenvalue weighted by molar-refractivity contribution is 7.07. The summed E-state index contributed by atoms with van der Waals surface area (Å²) in [6.45, 7) is 6.10. The Labute approximate surface area is 210 Å². The molecule has 0 aliphatic carbocycles. The van der Waals surface area contributed by atoms with Gasteiger partial charge in [0.1, 0.15) is 11.6 Å². The maximum absolute atomic E-state index is 14.1. The summed E-state index contributed by atoms with van der Waals surface area (Å²) in [4.78, 5) is 17.8. The molecule has 0 saturated carbocycles. The summed E-state index contributed by atoms with van der Waals surface area (Å²) in [5, 5.41) is 4.31. The first-order valence-corrected chi connectivity index (χ1v) is 13.5. The fraction of sp³-hybridized carbons (Fsp3) is 0.414. The van der Waals surface area contributed by atoms with Gasteiger partial charge in [0.05, 0.1) is 0 Å². The maximum Gasteiger partial charge on any atom is 0.254 e. The molecule has 2 fully saturated rings. The molecule has 6 heteroatoms. The van der Waals surface area contributed by atoms with Crippen LogP contribution in [0.15, 0.2) is 59.3 Å². The molecule has 0 radical (unpaired) electrons. The van der Waals surface area contributed by atoms with Gasteiger partial charge in [-0.25, -0.2) is 8.78 Å². The second kappa shape index (κ2) is 10.6. The third-order valence-corrected chi connectivity index (χ3v) is 8.59. The predicted molar refractivity (Wildman–Crippen MR) is 137 cm³/mol. The van der Waals surface area contributed by atoms with Crippen molar-refractivity contribution in [2.75, 3.05) is 32.7 Å². The molecule has 2 atom stereocenters. The fourth-order valence-electron chi connectivity index (χ4n) is 5.78. The van der Waals surface area contributed by atoms with Crippen molar-refractivity contribution in [3.63, 3.8) is 0 Å². The number of rotatable bonds is 6. The van der Waals surface area contributed by atoms with Crippen LogP contribution < -0.4 is 0 Å². The van der Waals surface area contributed by atoms with E-state index in [1.807, 2.05) is 17.0 Å². The first-order valence-electron chi connectivity index (χ1n) is 12.5. The van der Waals surface area contributed by atoms with Gasteiger partial charge in [0.2, 0.25) is 0 Å². The molecule has 5 rings (SSSR count). The van der Waals surface area contributed by atoms with Gasteiger partial charge in [-0.2, -0.15) is 11.3 Å². The molecule has 2 aliphatic heterocycles. The van der Waals surface area contributed by atoms with Crippen molar-refractivity contribution < 1.29 is 13.6 Å². The number of hydrogen-bond donors (Lipinski definition) is 0. The van der Waals surface area contributed by atoms with Gasteiger partial charge in [-0.05, 0) is 115 Å². The maximum atomic E-state index is 14.1. The summed E-state index contributed by atoms with van der Waals surface area (Å²) in [5.41, 5.74) is 3.46. The molecule has 1 aromatic heterocycles. The summed E-state index contributed by atoms with van der Waals surface area (Å²) in [7, 11) is 0. The van der Waals surface area contributed by atoms with Crippen LogP contribution in [0.4, 0.5) is 8.78 Å². The minimum Gasteiger partial charge on any atom is -0.338 e. The number of carbonyl (C=O) groups is 1. The van der Waals surface area contributed by atoms with Gasteiger partial charge in [-0.3, -0.25) is 4.79 Å². The predicted octanol–water partition coefficient (Wildman–Crippen LogP) is 6.15. The van der Waals surface area contributed by atoms with Crippen LogP contribution in [0.3, 0.4) is 0 Å². The van der Waals surface area contributed by atoms with Crippen LogP contribution >= 0.6 is 11.3 Å². The summed E-state index contributed by atoms with van der Waals surface area (Å²) in [6, 6.07) is 13.9. The first kappa shape index (κ1) is 24.1. The minimum atomic E-state index is -0.328. The number of likely N-dealkylation sites (tertiary alicyclic amines) is 2. The molecular weight excluding hydrogens is 462 g/mol. The van der Waals surface area contributed by atoms with Gasteiger partial charge in [0.25, 0.3) is 5.91 Å². The highest BCUT2D eigenvalue weighted by Gasteiger charge is 2.37. The van der Waals surface area contributed by atoms with Gasteiger partial charge < -0.3 is 9.80 Å². The van der Waals surface area contributed by atoms with E-state index in [-0.39, 0.29) is 17.5 Å². The Kier molecular flexibility index (Phi) is 7.30. The lowest BCUT2D eigenvalue weighted by atomic mass is 9.87. The van der Waals surface area contributed by atoms with Crippen molar-refractivity contribution in [1.29, 1.82) is 0 Å². The molecule has 3 nitrogen and oxygen atoms in total. The monoisotopic (exact) mass is 494 g/mol. The summed E-state index contributed by atoms with van der Waals surface area (Å²) in [6.07, 6.45) is 3.10. The molecule has 2 unspecified atom stereocenters. The highest BCUT2D eigenvalue weighted by atomic mass is 32.1. The lowest BCUT2D eigenvalue weighted by Crippen LogP contribution is -2.39. The van der Waals surface area contributed by atoms with Crippen LogP contribution in [0.25, 0.3) is 0 Å². The van der Waals surface area contributed by atoms with Gasteiger partial charge in [-0.1, -0.05) is 18.2 Å². The van der Waals surface area contributed by atoms with Crippen molar-refractivity contribution in [2.45, 2.75) is 32.1 Å². The van der Waals surface area contributed by atoms with Crippen molar-refractivity contribution >= 4 is 17.2 Å². The molecule has 2 aromatic carbocycles.